The van der Waals surface area contributed by atoms with Crippen LogP contribution in [0.5, 0.6) is 0 Å². The van der Waals surface area contributed by atoms with Crippen LogP contribution in [0.15, 0.2) is 0 Å². The summed E-state index contributed by atoms with van der Waals surface area (Å²) in [4.78, 5) is 0. The Morgan fingerprint density at radius 3 is 1.29 bits per heavy atom. The molecule has 0 aliphatic carbocycles. The Hall–Kier alpha value is -0.160. The Labute approximate surface area is 107 Å². The van der Waals surface area contributed by atoms with Crippen molar-refractivity contribution in [1.82, 2.24) is 21.3 Å². The van der Waals surface area contributed by atoms with Crippen molar-refractivity contribution in [3.63, 3.8) is 0 Å². The first-order valence-corrected chi connectivity index (χ1v) is 7.24. The lowest BCUT2D eigenvalue weighted by Gasteiger charge is -2.06. The minimum atomic E-state index is 1.07. The fourth-order valence-electron chi connectivity index (χ4n) is 1.63. The van der Waals surface area contributed by atoms with Crippen molar-refractivity contribution in [3.05, 3.63) is 0 Å². The average Bonchev–Trinajstić information content (AvgIpc) is 2.35. The molecule has 0 rings (SSSR count). The fraction of sp³-hybridized carbons (Fsp3) is 1.00. The Balaban J connectivity index is 2.85. The van der Waals surface area contributed by atoms with E-state index in [1.807, 2.05) is 0 Å². The largest absolute Gasteiger partial charge is 0.316 e. The highest BCUT2D eigenvalue weighted by molar-refractivity contribution is 4.54. The van der Waals surface area contributed by atoms with Crippen molar-refractivity contribution in [2.45, 2.75) is 33.1 Å². The molecule has 0 fully saturated rings. The van der Waals surface area contributed by atoms with Gasteiger partial charge < -0.3 is 21.3 Å². The highest BCUT2D eigenvalue weighted by Crippen LogP contribution is 1.91. The van der Waals surface area contributed by atoms with Crippen molar-refractivity contribution in [1.29, 1.82) is 0 Å². The van der Waals surface area contributed by atoms with E-state index in [-0.39, 0.29) is 0 Å². The molecule has 104 valence electrons. The molecule has 17 heavy (non-hydrogen) atoms. The van der Waals surface area contributed by atoms with Crippen molar-refractivity contribution in [2.75, 3.05) is 52.4 Å². The maximum atomic E-state index is 3.45. The first-order chi connectivity index (χ1) is 8.41. The summed E-state index contributed by atoms with van der Waals surface area (Å²) in [6.07, 6.45) is 3.91. The van der Waals surface area contributed by atoms with Crippen LogP contribution in [0.3, 0.4) is 0 Å². The zero-order chi connectivity index (χ0) is 12.6. The van der Waals surface area contributed by atoms with Crippen molar-refractivity contribution < 1.29 is 0 Å². The Kier molecular flexibility index (Phi) is 15.7. The Bertz CT molecular complexity index is 117. The zero-order valence-electron chi connectivity index (χ0n) is 11.8. The molecule has 0 aromatic carbocycles. The van der Waals surface area contributed by atoms with Crippen LogP contribution in [0.1, 0.15) is 33.1 Å². The highest BCUT2D eigenvalue weighted by Gasteiger charge is 1.90. The van der Waals surface area contributed by atoms with E-state index in [9.17, 15) is 0 Å². The van der Waals surface area contributed by atoms with Gasteiger partial charge in [0.25, 0.3) is 0 Å². The van der Waals surface area contributed by atoms with E-state index in [0.717, 1.165) is 52.4 Å². The van der Waals surface area contributed by atoms with Crippen LogP contribution >= 0.6 is 0 Å². The zero-order valence-corrected chi connectivity index (χ0v) is 11.8. The summed E-state index contributed by atoms with van der Waals surface area (Å²) in [5, 5.41) is 13.5. The average molecular weight is 244 g/mol. The van der Waals surface area contributed by atoms with Crippen LogP contribution in [-0.2, 0) is 0 Å². The van der Waals surface area contributed by atoms with Gasteiger partial charge >= 0.3 is 0 Å². The fourth-order valence-corrected chi connectivity index (χ4v) is 1.63. The van der Waals surface area contributed by atoms with Crippen LogP contribution in [0.2, 0.25) is 0 Å². The van der Waals surface area contributed by atoms with Gasteiger partial charge in [-0.1, -0.05) is 20.3 Å². The number of nitrogens with one attached hydrogen (secondary N) is 4. The number of hydrogen-bond donors (Lipinski definition) is 4. The normalized spacial score (nSPS) is 10.9. The van der Waals surface area contributed by atoms with Gasteiger partial charge in [-0.3, -0.25) is 0 Å². The molecule has 0 aromatic heterocycles. The maximum Gasteiger partial charge on any atom is 0.00767 e. The molecule has 0 unspecified atom stereocenters. The topological polar surface area (TPSA) is 48.1 Å². The summed E-state index contributed by atoms with van der Waals surface area (Å²) in [7, 11) is 0. The summed E-state index contributed by atoms with van der Waals surface area (Å²) in [6, 6.07) is 0. The molecule has 0 aliphatic heterocycles. The maximum absolute atomic E-state index is 3.45. The molecule has 4 heteroatoms. The van der Waals surface area contributed by atoms with E-state index >= 15 is 0 Å². The van der Waals surface area contributed by atoms with Crippen LogP contribution in [0.4, 0.5) is 0 Å². The lowest BCUT2D eigenvalue weighted by molar-refractivity contribution is 0.555. The molecule has 0 bridgehead atoms. The number of hydrogen-bond acceptors (Lipinski definition) is 4. The minimum Gasteiger partial charge on any atom is -0.316 e. The molecule has 0 amide bonds. The number of likely N-dealkylation sites (N-methyl/N-ethyl adjacent to an activating group) is 2. The molecule has 0 radical (unpaired) electrons. The van der Waals surface area contributed by atoms with E-state index in [2.05, 4.69) is 35.1 Å². The van der Waals surface area contributed by atoms with Crippen LogP contribution in [0, 0.1) is 0 Å². The van der Waals surface area contributed by atoms with Crippen molar-refractivity contribution in [3.8, 4) is 0 Å². The molecule has 4 N–H and O–H groups in total. The van der Waals surface area contributed by atoms with Gasteiger partial charge in [-0.25, -0.2) is 0 Å². The predicted octanol–water partition coefficient (Wildman–Crippen LogP) is 0.555. The van der Waals surface area contributed by atoms with Gasteiger partial charge in [0, 0.05) is 26.2 Å². The van der Waals surface area contributed by atoms with Gasteiger partial charge in [-0.15, -0.1) is 0 Å². The van der Waals surface area contributed by atoms with Gasteiger partial charge in [-0.2, -0.15) is 0 Å². The first kappa shape index (κ1) is 16.8. The SMILES string of the molecule is CCNCCNCCCCCNCCNCC. The quantitative estimate of drug-likeness (QED) is 0.337. The van der Waals surface area contributed by atoms with Crippen LogP contribution in [-0.4, -0.2) is 52.4 Å². The van der Waals surface area contributed by atoms with Gasteiger partial charge in [-0.05, 0) is 39.0 Å². The summed E-state index contributed by atoms with van der Waals surface area (Å²) in [6.45, 7) is 13.1. The van der Waals surface area contributed by atoms with Gasteiger partial charge in [0.05, 0.1) is 0 Å². The number of rotatable bonds is 14. The number of unbranched alkanes of at least 4 members (excludes halogenated alkanes) is 2. The molecule has 0 aromatic rings. The summed E-state index contributed by atoms with van der Waals surface area (Å²) < 4.78 is 0. The third-order valence-electron chi connectivity index (χ3n) is 2.66. The lowest BCUT2D eigenvalue weighted by atomic mass is 10.2. The van der Waals surface area contributed by atoms with Gasteiger partial charge in [0.2, 0.25) is 0 Å². The molecule has 0 spiro atoms. The van der Waals surface area contributed by atoms with Crippen LogP contribution in [0.25, 0.3) is 0 Å². The van der Waals surface area contributed by atoms with E-state index in [0.29, 0.717) is 0 Å². The summed E-state index contributed by atoms with van der Waals surface area (Å²) in [5.41, 5.74) is 0. The molecular formula is C13H32N4. The standard InChI is InChI=1S/C13H32N4/c1-3-14-10-12-16-8-6-5-7-9-17-13-11-15-4-2/h14-17H,3-13H2,1-2H3. The molecule has 0 saturated carbocycles. The smallest absolute Gasteiger partial charge is 0.00767 e. The van der Waals surface area contributed by atoms with Crippen molar-refractivity contribution in [2.24, 2.45) is 0 Å². The summed E-state index contributed by atoms with van der Waals surface area (Å²) >= 11 is 0. The predicted molar refractivity (Wildman–Crippen MR) is 76.7 cm³/mol. The van der Waals surface area contributed by atoms with E-state index in [4.69, 9.17) is 0 Å². The van der Waals surface area contributed by atoms with E-state index < -0.39 is 0 Å². The first-order valence-electron chi connectivity index (χ1n) is 7.24. The monoisotopic (exact) mass is 244 g/mol. The molecule has 0 aliphatic rings. The second-order valence-corrected chi connectivity index (χ2v) is 4.27. The summed E-state index contributed by atoms with van der Waals surface area (Å²) in [5.74, 6) is 0. The Morgan fingerprint density at radius 1 is 0.471 bits per heavy atom. The second-order valence-electron chi connectivity index (χ2n) is 4.27. The highest BCUT2D eigenvalue weighted by atomic mass is 14.9. The minimum absolute atomic E-state index is 1.07. The molecule has 0 saturated heterocycles. The molecular weight excluding hydrogens is 212 g/mol. The van der Waals surface area contributed by atoms with E-state index in [1.54, 1.807) is 0 Å². The lowest BCUT2D eigenvalue weighted by Crippen LogP contribution is -2.28. The van der Waals surface area contributed by atoms with Crippen LogP contribution < -0.4 is 21.3 Å². The van der Waals surface area contributed by atoms with Gasteiger partial charge in [0.15, 0.2) is 0 Å². The van der Waals surface area contributed by atoms with Gasteiger partial charge in [0.1, 0.15) is 0 Å². The second kappa shape index (κ2) is 15.8. The molecule has 4 nitrogen and oxygen atoms in total. The van der Waals surface area contributed by atoms with Crippen molar-refractivity contribution >= 4 is 0 Å². The molecule has 0 atom stereocenters. The third-order valence-corrected chi connectivity index (χ3v) is 2.66. The van der Waals surface area contributed by atoms with E-state index in [1.165, 1.54) is 19.3 Å². The third kappa shape index (κ3) is 15.8. The molecule has 0 heterocycles. The Morgan fingerprint density at radius 2 is 0.882 bits per heavy atom.